The van der Waals surface area contributed by atoms with E-state index >= 15 is 0 Å². The summed E-state index contributed by atoms with van der Waals surface area (Å²) in [4.78, 5) is 38.6. The number of carbonyl (C=O) groups is 2. The van der Waals surface area contributed by atoms with Gasteiger partial charge in [-0.1, -0.05) is 46.3 Å². The van der Waals surface area contributed by atoms with Crippen LogP contribution in [0.2, 0.25) is 0 Å². The van der Waals surface area contributed by atoms with Crippen LogP contribution >= 0.6 is 15.9 Å². The molecule has 33 heavy (non-hydrogen) atoms. The van der Waals surface area contributed by atoms with Crippen LogP contribution in [0.5, 0.6) is 5.75 Å². The second kappa shape index (κ2) is 9.11. The molecule has 1 N–H and O–H groups in total. The van der Waals surface area contributed by atoms with E-state index in [4.69, 9.17) is 14.2 Å². The van der Waals surface area contributed by atoms with Crippen LogP contribution in [-0.4, -0.2) is 47.8 Å². The monoisotopic (exact) mass is 518 g/mol. The fourth-order valence-corrected chi connectivity index (χ4v) is 5.15. The molecule has 9 nitrogen and oxygen atoms in total. The number of para-hydroxylation sites is 1. The first-order chi connectivity index (χ1) is 15.9. The number of fused-ring (bicyclic) bond motifs is 3. The number of esters is 2. The summed E-state index contributed by atoms with van der Waals surface area (Å²) in [5.74, 6) is -2.24. The Hall–Kier alpha value is -2.98. The predicted octanol–water partition coefficient (Wildman–Crippen LogP) is 3.15. The number of nitrogens with one attached hydrogen (secondary N) is 1. The number of hydrogen-bond acceptors (Lipinski definition) is 8. The summed E-state index contributed by atoms with van der Waals surface area (Å²) in [5, 5.41) is 16.1. The van der Waals surface area contributed by atoms with Crippen LogP contribution in [0, 0.1) is 10.1 Å². The van der Waals surface area contributed by atoms with E-state index in [-0.39, 0.29) is 13.2 Å². The smallest absolute Gasteiger partial charge is 0.355 e. The average Bonchev–Trinajstić information content (AvgIpc) is 3.17. The second-order valence-electron chi connectivity index (χ2n) is 7.79. The third-order valence-electron chi connectivity index (χ3n) is 6.12. The number of nitrogens with zero attached hydrogens (tertiary/aromatic N) is 1. The van der Waals surface area contributed by atoms with Gasteiger partial charge in [-0.2, -0.15) is 0 Å². The largest absolute Gasteiger partial charge is 0.471 e. The maximum atomic E-state index is 13.1. The Morgan fingerprint density at radius 3 is 2.36 bits per heavy atom. The molecule has 1 saturated heterocycles. The molecule has 2 heterocycles. The molecule has 0 saturated carbocycles. The summed E-state index contributed by atoms with van der Waals surface area (Å²) in [6.07, 6.45) is -1.59. The normalized spacial score (nSPS) is 27.6. The molecule has 2 aromatic rings. The lowest BCUT2D eigenvalue weighted by molar-refractivity contribution is -0.586. The Balaban J connectivity index is 2.00. The zero-order valence-corrected chi connectivity index (χ0v) is 19.6. The Kier molecular flexibility index (Phi) is 6.40. The predicted molar refractivity (Wildman–Crippen MR) is 120 cm³/mol. The minimum Gasteiger partial charge on any atom is -0.471 e. The number of hydrogen-bond donors (Lipinski definition) is 1. The minimum absolute atomic E-state index is 0.0243. The van der Waals surface area contributed by atoms with Crippen molar-refractivity contribution in [2.75, 3.05) is 13.2 Å². The Bertz CT molecular complexity index is 1080. The highest BCUT2D eigenvalue weighted by Crippen LogP contribution is 2.56. The fraction of sp³-hybridized carbons (Fsp3) is 0.391. The van der Waals surface area contributed by atoms with E-state index in [2.05, 4.69) is 21.2 Å². The van der Waals surface area contributed by atoms with Crippen LogP contribution < -0.4 is 10.1 Å². The summed E-state index contributed by atoms with van der Waals surface area (Å²) in [7, 11) is 0. The summed E-state index contributed by atoms with van der Waals surface area (Å²) in [5.41, 5.74) is -1.07. The summed E-state index contributed by atoms with van der Waals surface area (Å²) in [6, 6.07) is 11.5. The molecule has 0 spiro atoms. The van der Waals surface area contributed by atoms with Crippen molar-refractivity contribution in [1.29, 1.82) is 0 Å². The molecule has 1 fully saturated rings. The van der Waals surface area contributed by atoms with Gasteiger partial charge in [-0.25, -0.2) is 4.79 Å². The molecular weight excluding hydrogens is 496 g/mol. The molecule has 2 aliphatic heterocycles. The lowest BCUT2D eigenvalue weighted by Crippen LogP contribution is -2.63. The molecule has 2 aliphatic rings. The van der Waals surface area contributed by atoms with Crippen molar-refractivity contribution < 1.29 is 28.7 Å². The standard InChI is InChI=1S/C23H23BrN2O7/c1-3-31-21(27)18-17-15-7-5-6-8-16(15)33-20(22(28)32-4-2)23(17,26(29)30)19(25-18)13-9-11-14(24)12-10-13/h5-12,17-20,25H,3-4H2,1-2H3/t17-,18+,19+,20-,23+/m1/s1. The van der Waals surface area contributed by atoms with Crippen LogP contribution in [0.15, 0.2) is 53.0 Å². The van der Waals surface area contributed by atoms with Crippen LogP contribution in [0.3, 0.4) is 0 Å². The molecule has 0 aliphatic carbocycles. The van der Waals surface area contributed by atoms with Crippen molar-refractivity contribution in [3.05, 3.63) is 74.2 Å². The molecule has 5 atom stereocenters. The number of benzene rings is 2. The number of rotatable bonds is 6. The highest BCUT2D eigenvalue weighted by atomic mass is 79.9. The van der Waals surface area contributed by atoms with Crippen LogP contribution in [0.1, 0.15) is 36.9 Å². The van der Waals surface area contributed by atoms with Crippen molar-refractivity contribution in [3.8, 4) is 5.75 Å². The second-order valence-corrected chi connectivity index (χ2v) is 8.71. The van der Waals surface area contributed by atoms with E-state index in [1.807, 2.05) is 0 Å². The highest BCUT2D eigenvalue weighted by Gasteiger charge is 2.76. The van der Waals surface area contributed by atoms with Gasteiger partial charge in [-0.05, 0) is 37.6 Å². The molecule has 4 rings (SSSR count). The van der Waals surface area contributed by atoms with Gasteiger partial charge in [0.05, 0.1) is 19.1 Å². The van der Waals surface area contributed by atoms with Crippen LogP contribution in [-0.2, 0) is 19.1 Å². The molecule has 0 aromatic heterocycles. The molecule has 0 amide bonds. The van der Waals surface area contributed by atoms with Crippen molar-refractivity contribution in [3.63, 3.8) is 0 Å². The van der Waals surface area contributed by atoms with Crippen molar-refractivity contribution >= 4 is 27.9 Å². The summed E-state index contributed by atoms with van der Waals surface area (Å²) < 4.78 is 17.2. The van der Waals surface area contributed by atoms with E-state index in [0.29, 0.717) is 16.9 Å². The van der Waals surface area contributed by atoms with Gasteiger partial charge in [0.25, 0.3) is 11.6 Å². The number of carbonyl (C=O) groups excluding carboxylic acids is 2. The van der Waals surface area contributed by atoms with E-state index in [0.717, 1.165) is 4.47 Å². The maximum absolute atomic E-state index is 13.1. The molecule has 10 heteroatoms. The number of nitro groups is 1. The molecule has 0 bridgehead atoms. The van der Waals surface area contributed by atoms with Crippen LogP contribution in [0.4, 0.5) is 0 Å². The average molecular weight is 519 g/mol. The van der Waals surface area contributed by atoms with Gasteiger partial charge in [0.15, 0.2) is 0 Å². The number of halogens is 1. The van der Waals surface area contributed by atoms with E-state index in [9.17, 15) is 19.7 Å². The summed E-state index contributed by atoms with van der Waals surface area (Å²) in [6.45, 7) is 3.42. The third kappa shape index (κ3) is 3.67. The lowest BCUT2D eigenvalue weighted by atomic mass is 9.68. The van der Waals surface area contributed by atoms with E-state index < -0.39 is 46.5 Å². The van der Waals surface area contributed by atoms with Gasteiger partial charge >= 0.3 is 11.9 Å². The Morgan fingerprint density at radius 1 is 1.09 bits per heavy atom. The quantitative estimate of drug-likeness (QED) is 0.352. The van der Waals surface area contributed by atoms with Gasteiger partial charge in [-0.15, -0.1) is 0 Å². The van der Waals surface area contributed by atoms with Crippen molar-refractivity contribution in [2.24, 2.45) is 0 Å². The third-order valence-corrected chi connectivity index (χ3v) is 6.65. The topological polar surface area (TPSA) is 117 Å². The SMILES string of the molecule is CCOC(=O)[C@H]1N[C@@H](c2ccc(Br)cc2)[C@]2([N+](=O)[O-])[C@@H](C(=O)OCC)Oc3ccccc3[C@H]12. The van der Waals surface area contributed by atoms with Crippen molar-refractivity contribution in [1.82, 2.24) is 5.32 Å². The molecule has 174 valence electrons. The highest BCUT2D eigenvalue weighted by molar-refractivity contribution is 9.10. The zero-order valence-electron chi connectivity index (χ0n) is 18.0. The lowest BCUT2D eigenvalue weighted by Gasteiger charge is -2.41. The van der Waals surface area contributed by atoms with E-state index in [1.54, 1.807) is 62.4 Å². The molecule has 2 aromatic carbocycles. The van der Waals surface area contributed by atoms with Gasteiger partial charge < -0.3 is 14.2 Å². The Labute approximate surface area is 198 Å². The first-order valence-corrected chi connectivity index (χ1v) is 11.4. The Morgan fingerprint density at radius 2 is 1.73 bits per heavy atom. The van der Waals surface area contributed by atoms with Gasteiger partial charge in [0.2, 0.25) is 0 Å². The molecule has 0 unspecified atom stereocenters. The molecular formula is C23H23BrN2O7. The first-order valence-electron chi connectivity index (χ1n) is 10.6. The number of ether oxygens (including phenoxy) is 3. The molecule has 0 radical (unpaired) electrons. The van der Waals surface area contributed by atoms with Gasteiger partial charge in [0.1, 0.15) is 17.8 Å². The summed E-state index contributed by atoms with van der Waals surface area (Å²) >= 11 is 3.37. The van der Waals surface area contributed by atoms with Gasteiger partial charge in [-0.3, -0.25) is 20.2 Å². The van der Waals surface area contributed by atoms with Crippen LogP contribution in [0.25, 0.3) is 0 Å². The maximum Gasteiger partial charge on any atom is 0.355 e. The first kappa shape index (κ1) is 23.2. The zero-order chi connectivity index (χ0) is 23.8. The van der Waals surface area contributed by atoms with Crippen molar-refractivity contribution in [2.45, 2.75) is 43.5 Å². The van der Waals surface area contributed by atoms with E-state index in [1.165, 1.54) is 0 Å². The minimum atomic E-state index is -2.06. The fourth-order valence-electron chi connectivity index (χ4n) is 4.89. The van der Waals surface area contributed by atoms with Gasteiger partial charge in [0, 0.05) is 15.0 Å².